The second kappa shape index (κ2) is 8.53. The van der Waals surface area contributed by atoms with E-state index in [1.807, 2.05) is 13.8 Å². The van der Waals surface area contributed by atoms with Gasteiger partial charge in [-0.05, 0) is 38.0 Å². The minimum Gasteiger partial charge on any atom is -0.493 e. The number of thiol groups is 1. The molecule has 0 fully saturated rings. The first kappa shape index (κ1) is 19.0. The summed E-state index contributed by atoms with van der Waals surface area (Å²) in [4.78, 5) is 26.3. The SMILES string of the molecule is CC(/N=C(\S)c1ccc(OCC(C)C)c(C=O)c1)=C(/C)C(=O)O. The molecule has 0 bridgehead atoms. The van der Waals surface area contributed by atoms with Gasteiger partial charge in [-0.3, -0.25) is 4.79 Å². The van der Waals surface area contributed by atoms with Crippen molar-refractivity contribution in [3.8, 4) is 5.75 Å². The molecule has 1 N–H and O–H groups in total. The Kier molecular flexibility index (Phi) is 7.03. The van der Waals surface area contributed by atoms with E-state index in [-0.39, 0.29) is 5.57 Å². The van der Waals surface area contributed by atoms with Gasteiger partial charge in [0, 0.05) is 11.3 Å². The van der Waals surface area contributed by atoms with E-state index in [0.717, 1.165) is 0 Å². The van der Waals surface area contributed by atoms with Crippen molar-refractivity contribution in [2.45, 2.75) is 27.7 Å². The average molecular weight is 335 g/mol. The molecule has 0 aliphatic carbocycles. The number of aliphatic carboxylic acids is 1. The van der Waals surface area contributed by atoms with Gasteiger partial charge in [0.25, 0.3) is 0 Å². The third-order valence-electron chi connectivity index (χ3n) is 3.10. The number of aliphatic imine (C=N–C) groups is 1. The molecule has 0 amide bonds. The van der Waals surface area contributed by atoms with E-state index < -0.39 is 5.97 Å². The number of aldehydes is 1. The van der Waals surface area contributed by atoms with Crippen LogP contribution in [0.4, 0.5) is 0 Å². The van der Waals surface area contributed by atoms with Gasteiger partial charge in [-0.2, -0.15) is 0 Å². The Hall–Kier alpha value is -2.08. The predicted octanol–water partition coefficient (Wildman–Crippen LogP) is 3.59. The van der Waals surface area contributed by atoms with Gasteiger partial charge in [0.05, 0.1) is 17.7 Å². The average Bonchev–Trinajstić information content (AvgIpc) is 2.51. The van der Waals surface area contributed by atoms with E-state index in [9.17, 15) is 9.59 Å². The highest BCUT2D eigenvalue weighted by molar-refractivity contribution is 7.97. The molecule has 0 saturated carbocycles. The lowest BCUT2D eigenvalue weighted by atomic mass is 10.1. The molecule has 0 heterocycles. The Morgan fingerprint density at radius 2 is 2.04 bits per heavy atom. The van der Waals surface area contributed by atoms with E-state index in [0.29, 0.717) is 46.4 Å². The van der Waals surface area contributed by atoms with Crippen LogP contribution in [0.2, 0.25) is 0 Å². The number of allylic oxidation sites excluding steroid dienone is 1. The molecule has 0 radical (unpaired) electrons. The number of benzene rings is 1. The van der Waals surface area contributed by atoms with Crippen molar-refractivity contribution < 1.29 is 19.4 Å². The minimum atomic E-state index is -1.03. The van der Waals surface area contributed by atoms with E-state index >= 15 is 0 Å². The molecular weight excluding hydrogens is 314 g/mol. The minimum absolute atomic E-state index is 0.143. The number of carbonyl (C=O) groups is 2. The van der Waals surface area contributed by atoms with Gasteiger partial charge in [0.2, 0.25) is 0 Å². The molecule has 0 aromatic heterocycles. The maximum atomic E-state index is 11.2. The second-order valence-electron chi connectivity index (χ2n) is 5.53. The summed E-state index contributed by atoms with van der Waals surface area (Å²) in [5.74, 6) is -0.172. The normalized spacial score (nSPS) is 12.9. The van der Waals surface area contributed by atoms with Crippen LogP contribution in [0.3, 0.4) is 0 Å². The van der Waals surface area contributed by atoms with Crippen LogP contribution in [0.15, 0.2) is 34.5 Å². The second-order valence-corrected chi connectivity index (χ2v) is 5.95. The first-order valence-electron chi connectivity index (χ1n) is 7.17. The summed E-state index contributed by atoms with van der Waals surface area (Å²) in [6.45, 7) is 7.63. The molecule has 5 nitrogen and oxygen atoms in total. The van der Waals surface area contributed by atoms with Gasteiger partial charge in [-0.1, -0.05) is 13.8 Å². The quantitative estimate of drug-likeness (QED) is 0.262. The van der Waals surface area contributed by atoms with Crippen molar-refractivity contribution in [3.05, 3.63) is 40.6 Å². The van der Waals surface area contributed by atoms with Crippen LogP contribution in [0, 0.1) is 5.92 Å². The Labute approximate surface area is 141 Å². The Morgan fingerprint density at radius 3 is 2.57 bits per heavy atom. The number of hydrogen-bond donors (Lipinski definition) is 2. The molecule has 1 aromatic rings. The molecule has 0 aliphatic rings. The zero-order valence-electron chi connectivity index (χ0n) is 13.7. The molecule has 124 valence electrons. The van der Waals surface area contributed by atoms with Crippen LogP contribution in [0.25, 0.3) is 0 Å². The monoisotopic (exact) mass is 335 g/mol. The van der Waals surface area contributed by atoms with Crippen LogP contribution >= 0.6 is 12.6 Å². The number of ether oxygens (including phenoxy) is 1. The largest absolute Gasteiger partial charge is 0.493 e. The Balaban J connectivity index is 3.12. The van der Waals surface area contributed by atoms with Crippen LogP contribution in [0.1, 0.15) is 43.6 Å². The number of nitrogens with zero attached hydrogens (tertiary/aromatic N) is 1. The highest BCUT2D eigenvalue weighted by Gasteiger charge is 2.09. The molecule has 0 aliphatic heterocycles. The third-order valence-corrected chi connectivity index (χ3v) is 3.46. The standard InChI is InChI=1S/C17H21NO4S/c1-10(2)9-22-15-6-5-13(7-14(15)8-19)16(23)18-12(4)11(3)17(20)21/h5-8,10H,9H2,1-4H3,(H,18,23)(H,20,21)/b12-11+. The lowest BCUT2D eigenvalue weighted by Gasteiger charge is -2.11. The lowest BCUT2D eigenvalue weighted by molar-refractivity contribution is -0.132. The summed E-state index contributed by atoms with van der Waals surface area (Å²) in [5, 5.41) is 9.28. The number of carboxylic acids is 1. The highest BCUT2D eigenvalue weighted by Crippen LogP contribution is 2.21. The van der Waals surface area contributed by atoms with Crippen molar-refractivity contribution in [2.24, 2.45) is 10.9 Å². The van der Waals surface area contributed by atoms with Crippen LogP contribution in [-0.4, -0.2) is 29.0 Å². The van der Waals surface area contributed by atoms with E-state index in [2.05, 4.69) is 17.6 Å². The fourth-order valence-electron chi connectivity index (χ4n) is 1.63. The summed E-state index contributed by atoms with van der Waals surface area (Å²) < 4.78 is 5.59. The Morgan fingerprint density at radius 1 is 1.39 bits per heavy atom. The van der Waals surface area contributed by atoms with Gasteiger partial charge in [0.1, 0.15) is 10.8 Å². The predicted molar refractivity (Wildman–Crippen MR) is 93.7 cm³/mol. The smallest absolute Gasteiger partial charge is 0.333 e. The summed E-state index contributed by atoms with van der Waals surface area (Å²) in [6, 6.07) is 5.05. The molecule has 6 heteroatoms. The zero-order chi connectivity index (χ0) is 17.6. The lowest BCUT2D eigenvalue weighted by Crippen LogP contribution is -2.07. The number of rotatable bonds is 7. The van der Waals surface area contributed by atoms with Gasteiger partial charge >= 0.3 is 5.97 Å². The van der Waals surface area contributed by atoms with Crippen LogP contribution < -0.4 is 4.74 Å². The number of carbonyl (C=O) groups excluding carboxylic acids is 1. The molecule has 0 spiro atoms. The van der Waals surface area contributed by atoms with E-state index in [4.69, 9.17) is 9.84 Å². The van der Waals surface area contributed by atoms with Gasteiger partial charge < -0.3 is 9.84 Å². The fraction of sp³-hybridized carbons (Fsp3) is 0.353. The van der Waals surface area contributed by atoms with E-state index in [1.54, 1.807) is 25.1 Å². The van der Waals surface area contributed by atoms with Crippen molar-refractivity contribution in [1.82, 2.24) is 0 Å². The van der Waals surface area contributed by atoms with Gasteiger partial charge in [0.15, 0.2) is 6.29 Å². The summed E-state index contributed by atoms with van der Waals surface area (Å²) in [7, 11) is 0. The number of hydrogen-bond acceptors (Lipinski definition) is 4. The summed E-state index contributed by atoms with van der Waals surface area (Å²) in [6.07, 6.45) is 0.714. The van der Waals surface area contributed by atoms with Gasteiger partial charge in [-0.15, -0.1) is 12.6 Å². The van der Waals surface area contributed by atoms with Crippen LogP contribution in [-0.2, 0) is 4.79 Å². The van der Waals surface area contributed by atoms with Crippen molar-refractivity contribution in [1.29, 1.82) is 0 Å². The highest BCUT2D eigenvalue weighted by atomic mass is 32.1. The molecule has 0 atom stereocenters. The first-order valence-corrected chi connectivity index (χ1v) is 7.61. The molecule has 1 rings (SSSR count). The topological polar surface area (TPSA) is 76.0 Å². The summed E-state index contributed by atoms with van der Waals surface area (Å²) >= 11 is 4.29. The van der Waals surface area contributed by atoms with Crippen LogP contribution in [0.5, 0.6) is 5.75 Å². The van der Waals surface area contributed by atoms with Crippen molar-refractivity contribution >= 4 is 29.9 Å². The Bertz CT molecular complexity index is 663. The molecule has 1 aromatic carbocycles. The van der Waals surface area contributed by atoms with Crippen molar-refractivity contribution in [3.63, 3.8) is 0 Å². The number of carboxylic acid groups (broad SMARTS) is 1. The van der Waals surface area contributed by atoms with E-state index in [1.165, 1.54) is 6.92 Å². The zero-order valence-corrected chi connectivity index (χ0v) is 14.6. The summed E-state index contributed by atoms with van der Waals surface area (Å²) in [5.41, 5.74) is 1.52. The van der Waals surface area contributed by atoms with Gasteiger partial charge in [-0.25, -0.2) is 9.79 Å². The first-order chi connectivity index (χ1) is 10.8. The molecule has 0 saturated heterocycles. The van der Waals surface area contributed by atoms with Crippen molar-refractivity contribution in [2.75, 3.05) is 6.61 Å². The maximum Gasteiger partial charge on any atom is 0.333 e. The molecule has 0 unspecified atom stereocenters. The fourth-order valence-corrected chi connectivity index (χ4v) is 1.92. The molecular formula is C17H21NO4S. The third kappa shape index (κ3) is 5.56. The maximum absolute atomic E-state index is 11.2. The molecule has 23 heavy (non-hydrogen) atoms.